The molecular formula is C11H15NO3. The van der Waals surface area contributed by atoms with Gasteiger partial charge in [-0.15, -0.1) is 0 Å². The summed E-state index contributed by atoms with van der Waals surface area (Å²) < 4.78 is 5.22. The highest BCUT2D eigenvalue weighted by Crippen LogP contribution is 2.31. The first-order chi connectivity index (χ1) is 7.24. The molecule has 1 fully saturated rings. The molecule has 2 rings (SSSR count). The molecule has 4 heteroatoms. The van der Waals surface area contributed by atoms with Crippen molar-refractivity contribution in [1.29, 1.82) is 0 Å². The molecule has 0 atom stereocenters. The zero-order valence-electron chi connectivity index (χ0n) is 8.52. The Kier molecular flexibility index (Phi) is 3.00. The summed E-state index contributed by atoms with van der Waals surface area (Å²) in [5.74, 6) is 0. The van der Waals surface area contributed by atoms with Crippen LogP contribution in [-0.2, 0) is 16.9 Å². The molecule has 2 heterocycles. The first-order valence-corrected chi connectivity index (χ1v) is 5.11. The summed E-state index contributed by atoms with van der Waals surface area (Å²) >= 11 is 0. The highest BCUT2D eigenvalue weighted by atomic mass is 16.5. The third kappa shape index (κ3) is 2.17. The van der Waals surface area contributed by atoms with Gasteiger partial charge < -0.3 is 14.9 Å². The molecule has 1 aromatic heterocycles. The lowest BCUT2D eigenvalue weighted by Gasteiger charge is -2.32. The van der Waals surface area contributed by atoms with Crippen LogP contribution in [0.2, 0.25) is 0 Å². The van der Waals surface area contributed by atoms with E-state index in [0.717, 1.165) is 5.56 Å². The fourth-order valence-corrected chi connectivity index (χ4v) is 1.85. The first-order valence-electron chi connectivity index (χ1n) is 5.11. The molecule has 0 radical (unpaired) electrons. The van der Waals surface area contributed by atoms with E-state index in [1.165, 1.54) is 0 Å². The van der Waals surface area contributed by atoms with Gasteiger partial charge >= 0.3 is 0 Å². The van der Waals surface area contributed by atoms with E-state index in [0.29, 0.717) is 31.7 Å². The summed E-state index contributed by atoms with van der Waals surface area (Å²) in [6, 6.07) is 3.55. The lowest BCUT2D eigenvalue weighted by Crippen LogP contribution is -2.33. The second-order valence-electron chi connectivity index (χ2n) is 3.84. The van der Waals surface area contributed by atoms with Gasteiger partial charge in [0.05, 0.1) is 17.9 Å². The van der Waals surface area contributed by atoms with Crippen molar-refractivity contribution in [3.05, 3.63) is 29.6 Å². The lowest BCUT2D eigenvalue weighted by atomic mass is 9.87. The van der Waals surface area contributed by atoms with Crippen molar-refractivity contribution in [3.63, 3.8) is 0 Å². The van der Waals surface area contributed by atoms with Crippen LogP contribution in [0.3, 0.4) is 0 Å². The van der Waals surface area contributed by atoms with Crippen molar-refractivity contribution in [1.82, 2.24) is 4.98 Å². The second kappa shape index (κ2) is 4.26. The molecule has 0 unspecified atom stereocenters. The van der Waals surface area contributed by atoms with Crippen LogP contribution < -0.4 is 0 Å². The molecular weight excluding hydrogens is 194 g/mol. The Morgan fingerprint density at radius 2 is 2.13 bits per heavy atom. The number of pyridine rings is 1. The molecule has 0 aliphatic carbocycles. The van der Waals surface area contributed by atoms with Crippen LogP contribution in [0.4, 0.5) is 0 Å². The minimum atomic E-state index is -0.814. The SMILES string of the molecule is OCc1cc(C2(O)CCOCC2)ccn1. The van der Waals surface area contributed by atoms with Gasteiger partial charge in [0.25, 0.3) is 0 Å². The highest BCUT2D eigenvalue weighted by molar-refractivity contribution is 5.23. The Hall–Kier alpha value is -0.970. The topological polar surface area (TPSA) is 62.6 Å². The van der Waals surface area contributed by atoms with Crippen LogP contribution in [-0.4, -0.2) is 28.4 Å². The van der Waals surface area contributed by atoms with Gasteiger partial charge in [-0.1, -0.05) is 0 Å². The zero-order chi connectivity index (χ0) is 10.7. The second-order valence-corrected chi connectivity index (χ2v) is 3.84. The summed E-state index contributed by atoms with van der Waals surface area (Å²) in [4.78, 5) is 3.99. The Labute approximate surface area is 88.5 Å². The van der Waals surface area contributed by atoms with Crippen LogP contribution >= 0.6 is 0 Å². The molecule has 0 bridgehead atoms. The first kappa shape index (κ1) is 10.5. The number of ether oxygens (including phenoxy) is 1. The Balaban J connectivity index is 2.26. The van der Waals surface area contributed by atoms with Crippen molar-refractivity contribution in [2.75, 3.05) is 13.2 Å². The highest BCUT2D eigenvalue weighted by Gasteiger charge is 2.31. The largest absolute Gasteiger partial charge is 0.390 e. The Morgan fingerprint density at radius 1 is 1.40 bits per heavy atom. The summed E-state index contributed by atoms with van der Waals surface area (Å²) in [5, 5.41) is 19.3. The molecule has 1 aromatic rings. The van der Waals surface area contributed by atoms with Crippen molar-refractivity contribution in [2.45, 2.75) is 25.0 Å². The van der Waals surface area contributed by atoms with E-state index in [2.05, 4.69) is 4.98 Å². The molecule has 0 saturated carbocycles. The average Bonchev–Trinajstić information content (AvgIpc) is 2.30. The predicted octanol–water partition coefficient (Wildman–Crippen LogP) is 0.572. The molecule has 82 valence electrons. The quantitative estimate of drug-likeness (QED) is 0.747. The molecule has 0 aromatic carbocycles. The van der Waals surface area contributed by atoms with E-state index in [1.807, 2.05) is 0 Å². The minimum Gasteiger partial charge on any atom is -0.390 e. The Bertz CT molecular complexity index is 334. The summed E-state index contributed by atoms with van der Waals surface area (Å²) in [7, 11) is 0. The maximum absolute atomic E-state index is 10.4. The third-order valence-electron chi connectivity index (χ3n) is 2.84. The van der Waals surface area contributed by atoms with E-state index in [-0.39, 0.29) is 6.61 Å². The predicted molar refractivity (Wildman–Crippen MR) is 54.1 cm³/mol. The van der Waals surface area contributed by atoms with E-state index >= 15 is 0 Å². The molecule has 15 heavy (non-hydrogen) atoms. The molecule has 1 aliphatic heterocycles. The van der Waals surface area contributed by atoms with Crippen LogP contribution in [0.5, 0.6) is 0 Å². The molecule has 0 amide bonds. The van der Waals surface area contributed by atoms with Gasteiger partial charge in [-0.25, -0.2) is 0 Å². The number of aliphatic hydroxyl groups is 2. The number of aromatic nitrogens is 1. The maximum Gasteiger partial charge on any atom is 0.0941 e. The Morgan fingerprint density at radius 3 is 2.80 bits per heavy atom. The van der Waals surface area contributed by atoms with Crippen LogP contribution in [0.25, 0.3) is 0 Å². The van der Waals surface area contributed by atoms with E-state index in [4.69, 9.17) is 9.84 Å². The van der Waals surface area contributed by atoms with Gasteiger partial charge in [0, 0.05) is 32.3 Å². The monoisotopic (exact) mass is 209 g/mol. The third-order valence-corrected chi connectivity index (χ3v) is 2.84. The number of hydrogen-bond acceptors (Lipinski definition) is 4. The van der Waals surface area contributed by atoms with Gasteiger partial charge in [0.15, 0.2) is 0 Å². The molecule has 4 nitrogen and oxygen atoms in total. The van der Waals surface area contributed by atoms with Crippen molar-refractivity contribution >= 4 is 0 Å². The average molecular weight is 209 g/mol. The van der Waals surface area contributed by atoms with Gasteiger partial charge in [-0.2, -0.15) is 0 Å². The van der Waals surface area contributed by atoms with Gasteiger partial charge in [0.1, 0.15) is 0 Å². The van der Waals surface area contributed by atoms with Gasteiger partial charge in [-0.05, 0) is 17.7 Å². The number of nitrogens with zero attached hydrogens (tertiary/aromatic N) is 1. The number of rotatable bonds is 2. The van der Waals surface area contributed by atoms with Gasteiger partial charge in [0.2, 0.25) is 0 Å². The number of hydrogen-bond donors (Lipinski definition) is 2. The van der Waals surface area contributed by atoms with Crippen LogP contribution in [0.15, 0.2) is 18.3 Å². The minimum absolute atomic E-state index is 0.0968. The lowest BCUT2D eigenvalue weighted by molar-refractivity contribution is -0.0680. The molecule has 1 saturated heterocycles. The van der Waals surface area contributed by atoms with E-state index in [9.17, 15) is 5.11 Å². The molecule has 2 N–H and O–H groups in total. The summed E-state index contributed by atoms with van der Waals surface area (Å²) in [5.41, 5.74) is 0.600. The zero-order valence-corrected chi connectivity index (χ0v) is 8.52. The fourth-order valence-electron chi connectivity index (χ4n) is 1.85. The van der Waals surface area contributed by atoms with Crippen LogP contribution in [0.1, 0.15) is 24.1 Å². The van der Waals surface area contributed by atoms with Gasteiger partial charge in [-0.3, -0.25) is 4.98 Å². The standard InChI is InChI=1S/C11H15NO3/c13-8-10-7-9(1-4-12-10)11(14)2-5-15-6-3-11/h1,4,7,13-14H,2-3,5-6,8H2. The van der Waals surface area contributed by atoms with Crippen molar-refractivity contribution < 1.29 is 14.9 Å². The molecule has 1 aliphatic rings. The van der Waals surface area contributed by atoms with Crippen LogP contribution in [0, 0.1) is 0 Å². The smallest absolute Gasteiger partial charge is 0.0941 e. The van der Waals surface area contributed by atoms with Crippen molar-refractivity contribution in [2.24, 2.45) is 0 Å². The summed E-state index contributed by atoms with van der Waals surface area (Å²) in [6.45, 7) is 1.06. The maximum atomic E-state index is 10.4. The normalized spacial score (nSPS) is 20.1. The number of aliphatic hydroxyl groups excluding tert-OH is 1. The van der Waals surface area contributed by atoms with E-state index in [1.54, 1.807) is 18.3 Å². The fraction of sp³-hybridized carbons (Fsp3) is 0.545. The molecule has 0 spiro atoms. The summed E-state index contributed by atoms with van der Waals surface area (Å²) in [6.07, 6.45) is 2.82. The van der Waals surface area contributed by atoms with E-state index < -0.39 is 5.60 Å². The van der Waals surface area contributed by atoms with Crippen molar-refractivity contribution in [3.8, 4) is 0 Å².